The van der Waals surface area contributed by atoms with Gasteiger partial charge in [0, 0.05) is 13.0 Å². The molecular weight excluding hydrogens is 497 g/mol. The minimum atomic E-state index is -0.770. The Morgan fingerprint density at radius 1 is 1.05 bits per heavy atom. The van der Waals surface area contributed by atoms with Gasteiger partial charge in [-0.15, -0.1) is 0 Å². The highest BCUT2D eigenvalue weighted by molar-refractivity contribution is 6.62. The summed E-state index contributed by atoms with van der Waals surface area (Å²) in [7, 11) is -1.32. The summed E-state index contributed by atoms with van der Waals surface area (Å²) in [4.78, 5) is 4.98. The Labute approximate surface area is 229 Å². The van der Waals surface area contributed by atoms with E-state index in [1.165, 1.54) is 0 Å². The SMILES string of the molecule is CC(C)(C)[SiH2]OC(C)(C)c1cccc(-n2ncc3c(OCCCO)cc(B4OC(C)(C)C(C)(C)O4)cc32)n1. The van der Waals surface area contributed by atoms with Crippen molar-refractivity contribution in [2.75, 3.05) is 13.2 Å². The van der Waals surface area contributed by atoms with Gasteiger partial charge in [0.15, 0.2) is 15.6 Å². The minimum Gasteiger partial charge on any atom is -0.493 e. The molecule has 8 nitrogen and oxygen atoms in total. The van der Waals surface area contributed by atoms with Crippen molar-refractivity contribution < 1.29 is 23.6 Å². The van der Waals surface area contributed by atoms with E-state index in [-0.39, 0.29) is 11.6 Å². The van der Waals surface area contributed by atoms with Crippen LogP contribution in [0.4, 0.5) is 0 Å². The molecule has 3 aromatic rings. The van der Waals surface area contributed by atoms with Crippen LogP contribution in [0.2, 0.25) is 5.04 Å². The molecule has 1 aromatic carbocycles. The average Bonchev–Trinajstić information content (AvgIpc) is 3.35. The van der Waals surface area contributed by atoms with E-state index >= 15 is 0 Å². The van der Waals surface area contributed by atoms with E-state index in [1.807, 2.05) is 62.7 Å². The van der Waals surface area contributed by atoms with Gasteiger partial charge in [0.05, 0.1) is 46.2 Å². The highest BCUT2D eigenvalue weighted by Gasteiger charge is 2.52. The third-order valence-corrected chi connectivity index (χ3v) is 8.92. The number of aromatic nitrogens is 3. The number of aliphatic hydroxyl groups excluding tert-OH is 1. The Kier molecular flexibility index (Phi) is 7.86. The van der Waals surface area contributed by atoms with Gasteiger partial charge in [-0.25, -0.2) is 9.67 Å². The van der Waals surface area contributed by atoms with E-state index in [0.29, 0.717) is 24.6 Å². The predicted molar refractivity (Wildman–Crippen MR) is 154 cm³/mol. The number of pyridine rings is 1. The quantitative estimate of drug-likeness (QED) is 0.325. The number of benzene rings is 1. The highest BCUT2D eigenvalue weighted by Crippen LogP contribution is 2.37. The van der Waals surface area contributed by atoms with Crippen LogP contribution in [-0.2, 0) is 19.3 Å². The van der Waals surface area contributed by atoms with Crippen LogP contribution < -0.4 is 10.2 Å². The standard InChI is InChI=1S/C28H42BN3O5Si/c1-25(2,3)38-37-26(4,5)23-12-10-13-24(31-23)32-21-16-19(29-35-27(6,7)28(8,9)36-29)17-22(20(21)18-30-32)34-15-11-14-33/h10,12-13,16-18,33H,11,14-15,38H2,1-9H3. The molecular formula is C28H42BN3O5Si. The molecule has 0 saturated carbocycles. The van der Waals surface area contributed by atoms with Gasteiger partial charge in [-0.2, -0.15) is 5.10 Å². The number of hydrogen-bond donors (Lipinski definition) is 1. The molecule has 1 saturated heterocycles. The molecule has 0 unspecified atom stereocenters. The van der Waals surface area contributed by atoms with Crippen molar-refractivity contribution in [1.82, 2.24) is 14.8 Å². The molecule has 0 radical (unpaired) electrons. The van der Waals surface area contributed by atoms with Gasteiger partial charge in [0.1, 0.15) is 5.75 Å². The van der Waals surface area contributed by atoms with E-state index in [0.717, 1.165) is 22.1 Å². The van der Waals surface area contributed by atoms with Crippen molar-refractivity contribution in [3.05, 3.63) is 42.2 Å². The molecule has 1 N–H and O–H groups in total. The van der Waals surface area contributed by atoms with Gasteiger partial charge in [-0.1, -0.05) is 26.8 Å². The number of nitrogens with zero attached hydrogens (tertiary/aromatic N) is 3. The Morgan fingerprint density at radius 2 is 1.74 bits per heavy atom. The van der Waals surface area contributed by atoms with Crippen molar-refractivity contribution in [2.24, 2.45) is 0 Å². The van der Waals surface area contributed by atoms with Gasteiger partial charge >= 0.3 is 7.12 Å². The molecule has 3 heterocycles. The molecule has 1 aliphatic rings. The van der Waals surface area contributed by atoms with Crippen molar-refractivity contribution in [1.29, 1.82) is 0 Å². The molecule has 0 aliphatic carbocycles. The van der Waals surface area contributed by atoms with Crippen LogP contribution in [0, 0.1) is 0 Å². The average molecular weight is 540 g/mol. The second-order valence-electron chi connectivity index (χ2n) is 12.8. The molecule has 1 aliphatic heterocycles. The van der Waals surface area contributed by atoms with E-state index in [1.54, 1.807) is 6.20 Å². The third-order valence-electron chi connectivity index (χ3n) is 7.19. The first kappa shape index (κ1) is 28.8. The maximum atomic E-state index is 9.27. The van der Waals surface area contributed by atoms with Crippen LogP contribution in [0.5, 0.6) is 5.75 Å². The van der Waals surface area contributed by atoms with Gasteiger partial charge < -0.3 is 23.6 Å². The summed E-state index contributed by atoms with van der Waals surface area (Å²) in [5.74, 6) is 1.36. The Bertz CT molecular complexity index is 1270. The Balaban J connectivity index is 1.76. The lowest BCUT2D eigenvalue weighted by Gasteiger charge is -2.32. The first-order chi connectivity index (χ1) is 17.6. The number of ether oxygens (including phenoxy) is 1. The molecule has 0 atom stereocenters. The maximum Gasteiger partial charge on any atom is 0.495 e. The highest BCUT2D eigenvalue weighted by atomic mass is 28.2. The van der Waals surface area contributed by atoms with Gasteiger partial charge in [-0.3, -0.25) is 0 Å². The summed E-state index contributed by atoms with van der Waals surface area (Å²) in [6.07, 6.45) is 2.33. The van der Waals surface area contributed by atoms with Crippen LogP contribution >= 0.6 is 0 Å². The fraction of sp³-hybridized carbons (Fsp3) is 0.571. The van der Waals surface area contributed by atoms with Crippen LogP contribution in [0.1, 0.15) is 74.4 Å². The van der Waals surface area contributed by atoms with Crippen molar-refractivity contribution >= 4 is 33.2 Å². The lowest BCUT2D eigenvalue weighted by atomic mass is 9.78. The fourth-order valence-corrected chi connectivity index (χ4v) is 5.07. The Hall–Kier alpha value is -2.24. The van der Waals surface area contributed by atoms with Crippen LogP contribution in [0.15, 0.2) is 36.5 Å². The number of fused-ring (bicyclic) bond motifs is 1. The Morgan fingerprint density at radius 3 is 2.37 bits per heavy atom. The third kappa shape index (κ3) is 5.99. The summed E-state index contributed by atoms with van der Waals surface area (Å²) < 4.78 is 27.0. The molecule has 38 heavy (non-hydrogen) atoms. The second kappa shape index (κ2) is 10.4. The molecule has 0 bridgehead atoms. The molecule has 1 fully saturated rings. The van der Waals surface area contributed by atoms with Gasteiger partial charge in [-0.05, 0) is 76.3 Å². The summed E-state index contributed by atoms with van der Waals surface area (Å²) in [5.41, 5.74) is 1.09. The van der Waals surface area contributed by atoms with Gasteiger partial charge in [0.25, 0.3) is 0 Å². The zero-order chi connectivity index (χ0) is 27.9. The fourth-order valence-electron chi connectivity index (χ4n) is 4.13. The zero-order valence-corrected chi connectivity index (χ0v) is 25.7. The first-order valence-electron chi connectivity index (χ1n) is 13.4. The lowest BCUT2D eigenvalue weighted by Crippen LogP contribution is -2.41. The number of aliphatic hydroxyl groups is 1. The first-order valence-corrected chi connectivity index (χ1v) is 14.6. The molecule has 10 heteroatoms. The summed E-state index contributed by atoms with van der Waals surface area (Å²) in [6, 6.07) is 9.93. The molecule has 4 rings (SSSR count). The monoisotopic (exact) mass is 539 g/mol. The largest absolute Gasteiger partial charge is 0.495 e. The van der Waals surface area contributed by atoms with Crippen molar-refractivity contribution in [2.45, 2.75) is 90.6 Å². The molecule has 0 amide bonds. The van der Waals surface area contributed by atoms with Gasteiger partial charge in [0.2, 0.25) is 0 Å². The summed E-state index contributed by atoms with van der Waals surface area (Å²) >= 11 is 0. The number of hydrogen-bond acceptors (Lipinski definition) is 7. The molecule has 206 valence electrons. The number of rotatable bonds is 9. The summed E-state index contributed by atoms with van der Waals surface area (Å²) in [6.45, 7) is 19.4. The van der Waals surface area contributed by atoms with E-state index in [2.05, 4.69) is 34.6 Å². The van der Waals surface area contributed by atoms with E-state index in [4.69, 9.17) is 28.6 Å². The lowest BCUT2D eigenvalue weighted by molar-refractivity contribution is 0.00578. The van der Waals surface area contributed by atoms with Crippen LogP contribution in [-0.4, -0.2) is 61.2 Å². The van der Waals surface area contributed by atoms with Crippen molar-refractivity contribution in [3.63, 3.8) is 0 Å². The van der Waals surface area contributed by atoms with Crippen molar-refractivity contribution in [3.8, 4) is 11.6 Å². The van der Waals surface area contributed by atoms with Crippen LogP contribution in [0.25, 0.3) is 16.7 Å². The smallest absolute Gasteiger partial charge is 0.493 e. The minimum absolute atomic E-state index is 0.0615. The molecule has 0 spiro atoms. The van der Waals surface area contributed by atoms with E-state index in [9.17, 15) is 5.11 Å². The maximum absolute atomic E-state index is 9.27. The normalized spacial score (nSPS) is 17.7. The summed E-state index contributed by atoms with van der Waals surface area (Å²) in [5, 5.41) is 15.0. The van der Waals surface area contributed by atoms with E-state index < -0.39 is 33.7 Å². The predicted octanol–water partition coefficient (Wildman–Crippen LogP) is 4.03. The second-order valence-corrected chi connectivity index (χ2v) is 15.5. The van der Waals surface area contributed by atoms with Crippen LogP contribution in [0.3, 0.4) is 0 Å². The molecule has 2 aromatic heterocycles. The zero-order valence-electron chi connectivity index (χ0n) is 24.3. The topological polar surface area (TPSA) is 87.9 Å².